The predicted octanol–water partition coefficient (Wildman–Crippen LogP) is 11.5. The number of nitrogens with one attached hydrogen (secondary N) is 1. The molecule has 4 rings (SSSR count). The van der Waals surface area contributed by atoms with Crippen LogP contribution in [0.15, 0.2) is 48.0 Å². The minimum absolute atomic E-state index is 0.731. The minimum atomic E-state index is 0.731. The number of rotatable bonds is 7. The van der Waals surface area contributed by atoms with Crippen LogP contribution in [0.4, 0.5) is 5.82 Å². The average Bonchev–Trinajstić information content (AvgIpc) is 3.79. The number of hydrogen-bond acceptors (Lipinski definition) is 4. The van der Waals surface area contributed by atoms with Crippen molar-refractivity contribution in [3.05, 3.63) is 53.9 Å². The fraction of sp³-hybridized carbons (Fsp3) is 0.676. The van der Waals surface area contributed by atoms with Gasteiger partial charge in [-0.25, -0.2) is 9.97 Å². The van der Waals surface area contributed by atoms with E-state index in [1.165, 1.54) is 70.9 Å². The lowest BCUT2D eigenvalue weighted by atomic mass is 9.89. The van der Waals surface area contributed by atoms with Crippen LogP contribution in [0, 0.1) is 18.3 Å². The summed E-state index contributed by atoms with van der Waals surface area (Å²) in [5.41, 5.74) is 1.73. The molecule has 2 aliphatic carbocycles. The molecular weight excluding hydrogens is 536 g/mol. The van der Waals surface area contributed by atoms with Gasteiger partial charge in [-0.1, -0.05) is 103 Å². The minimum Gasteiger partial charge on any atom is -0.362 e. The monoisotopic (exact) mass is 603 g/mol. The van der Waals surface area contributed by atoms with E-state index in [1.807, 2.05) is 90.9 Å². The average molecular weight is 603 g/mol. The van der Waals surface area contributed by atoms with Gasteiger partial charge in [-0.15, -0.1) is 6.58 Å². The Morgan fingerprint density at radius 2 is 1.57 bits per heavy atom. The molecule has 4 nitrogen and oxygen atoms in total. The summed E-state index contributed by atoms with van der Waals surface area (Å²) in [4.78, 5) is 10.8. The largest absolute Gasteiger partial charge is 0.362 e. The molecule has 0 saturated heterocycles. The molecule has 5 heteroatoms. The van der Waals surface area contributed by atoms with Crippen LogP contribution in [0.5, 0.6) is 0 Å². The quantitative estimate of drug-likeness (QED) is 0.320. The Kier molecular flexibility index (Phi) is 26.8. The second-order valence-corrected chi connectivity index (χ2v) is 11.7. The summed E-state index contributed by atoms with van der Waals surface area (Å²) in [7, 11) is 3.99. The van der Waals surface area contributed by atoms with E-state index < -0.39 is 0 Å². The highest BCUT2D eigenvalue weighted by molar-refractivity contribution is 6.29. The van der Waals surface area contributed by atoms with Crippen molar-refractivity contribution in [2.24, 2.45) is 11.3 Å². The summed E-state index contributed by atoms with van der Waals surface area (Å²) in [6.07, 6.45) is 17.6. The molecule has 1 aromatic carbocycles. The molecule has 0 unspecified atom stereocenters. The maximum absolute atomic E-state index is 5.51. The second-order valence-electron chi connectivity index (χ2n) is 11.2. The van der Waals surface area contributed by atoms with Crippen molar-refractivity contribution in [1.29, 1.82) is 0 Å². The van der Waals surface area contributed by atoms with Crippen molar-refractivity contribution in [2.75, 3.05) is 32.1 Å². The van der Waals surface area contributed by atoms with Crippen LogP contribution in [-0.4, -0.2) is 37.2 Å². The smallest absolute Gasteiger partial charge is 0.139 e. The van der Waals surface area contributed by atoms with Gasteiger partial charge in [-0.05, 0) is 89.3 Å². The summed E-state index contributed by atoms with van der Waals surface area (Å²) in [6, 6.07) is 8.06. The highest BCUT2D eigenvalue weighted by Gasteiger charge is 2.39. The Hall–Kier alpha value is -1.91. The number of nitrogens with zero attached hydrogens (tertiary/aromatic N) is 3. The van der Waals surface area contributed by atoms with E-state index in [-0.39, 0.29) is 0 Å². The summed E-state index contributed by atoms with van der Waals surface area (Å²) in [5, 5.41) is 5.75. The first-order chi connectivity index (χ1) is 20.2. The van der Waals surface area contributed by atoms with Gasteiger partial charge in [0.25, 0.3) is 0 Å². The first-order valence-corrected chi connectivity index (χ1v) is 17.0. The van der Waals surface area contributed by atoms with Gasteiger partial charge in [-0.2, -0.15) is 0 Å². The zero-order valence-corrected chi connectivity index (χ0v) is 30.2. The highest BCUT2D eigenvalue weighted by atomic mass is 35.5. The van der Waals surface area contributed by atoms with E-state index in [0.29, 0.717) is 0 Å². The van der Waals surface area contributed by atoms with Crippen LogP contribution in [0.1, 0.15) is 125 Å². The summed E-state index contributed by atoms with van der Waals surface area (Å²) in [5.74, 6) is 2.79. The topological polar surface area (TPSA) is 41.1 Å². The number of allylic oxidation sites excluding steroid dienone is 3. The van der Waals surface area contributed by atoms with Crippen molar-refractivity contribution in [3.63, 3.8) is 0 Å². The van der Waals surface area contributed by atoms with Crippen LogP contribution in [0.25, 0.3) is 10.9 Å². The van der Waals surface area contributed by atoms with Gasteiger partial charge in [0.15, 0.2) is 0 Å². The highest BCUT2D eigenvalue weighted by Crippen LogP contribution is 2.47. The Labute approximate surface area is 266 Å². The van der Waals surface area contributed by atoms with E-state index in [9.17, 15) is 0 Å². The van der Waals surface area contributed by atoms with Gasteiger partial charge in [0.05, 0.1) is 5.52 Å². The Bertz CT molecular complexity index is 944. The van der Waals surface area contributed by atoms with Crippen molar-refractivity contribution in [2.45, 2.75) is 127 Å². The predicted molar refractivity (Wildman–Crippen MR) is 193 cm³/mol. The third kappa shape index (κ3) is 19.3. The van der Waals surface area contributed by atoms with Gasteiger partial charge < -0.3 is 10.2 Å². The third-order valence-electron chi connectivity index (χ3n) is 7.13. The van der Waals surface area contributed by atoms with Gasteiger partial charge in [-0.3, -0.25) is 0 Å². The van der Waals surface area contributed by atoms with E-state index in [4.69, 9.17) is 11.6 Å². The second kappa shape index (κ2) is 26.7. The number of fused-ring (bicyclic) bond motifs is 1. The molecule has 2 aromatic rings. The van der Waals surface area contributed by atoms with Crippen LogP contribution in [0.3, 0.4) is 0 Å². The van der Waals surface area contributed by atoms with Gasteiger partial charge in [0, 0.05) is 31.1 Å². The van der Waals surface area contributed by atoms with Gasteiger partial charge in [0.2, 0.25) is 0 Å². The molecule has 1 aromatic heterocycles. The first kappa shape index (κ1) is 42.2. The molecule has 242 valence electrons. The third-order valence-corrected chi connectivity index (χ3v) is 7.62. The van der Waals surface area contributed by atoms with E-state index in [0.717, 1.165) is 45.3 Å². The van der Waals surface area contributed by atoms with Crippen molar-refractivity contribution >= 4 is 28.3 Å². The molecule has 2 saturated carbocycles. The van der Waals surface area contributed by atoms with Crippen molar-refractivity contribution in [1.82, 2.24) is 15.3 Å². The lowest BCUT2D eigenvalue weighted by Gasteiger charge is -2.23. The number of benzene rings is 1. The zero-order valence-electron chi connectivity index (χ0n) is 29.5. The molecule has 1 N–H and O–H groups in total. The molecule has 1 heterocycles. The van der Waals surface area contributed by atoms with Crippen molar-refractivity contribution in [3.8, 4) is 0 Å². The summed E-state index contributed by atoms with van der Waals surface area (Å²) >= 11 is 5.51. The molecule has 0 atom stereocenters. The van der Waals surface area contributed by atoms with Crippen molar-refractivity contribution < 1.29 is 0 Å². The van der Waals surface area contributed by atoms with E-state index in [1.54, 1.807) is 6.08 Å². The number of halogens is 1. The molecule has 0 aliphatic heterocycles. The molecular formula is C37H67ClN4. The molecule has 0 amide bonds. The van der Waals surface area contributed by atoms with Crippen LogP contribution in [0.2, 0.25) is 0 Å². The lowest BCUT2D eigenvalue weighted by Crippen LogP contribution is -2.29. The van der Waals surface area contributed by atoms with E-state index >= 15 is 0 Å². The number of hydrogen-bond donors (Lipinski definition) is 1. The zero-order chi connectivity index (χ0) is 32.4. The first-order valence-electron chi connectivity index (χ1n) is 16.7. The molecule has 0 radical (unpaired) electrons. The standard InChI is InChI=1S/C13H25N.C11H13N3.C5H9Cl.C3H8.C3H6.C2H6/c1-2-13(8-9-13)11-14-10-12-6-4-3-5-7-12;1-8-12-10-7-5-4-6-9(10)11(13-8)14(2)3;1-3-5(6)4-2;2*1-3-2;1-2/h12,14H,2-11H2,1H3;4-7H,1-3H3;3H,4H2,1-2H3;3H2,1-2H3;3H,1H2,2H3;1-2H3/b;;5-3+;;;. The SMILES string of the molecule is C/C=C(/Cl)CC.C=CC.CC.CCC.CCC1(CNCC2CCCCC2)CC1.Cc1nc(N(C)C)c2ccccc2n1. The Morgan fingerprint density at radius 3 is 2.00 bits per heavy atom. The lowest BCUT2D eigenvalue weighted by molar-refractivity contribution is 0.326. The molecule has 0 bridgehead atoms. The molecule has 2 aliphatic rings. The van der Waals surface area contributed by atoms with Crippen LogP contribution >= 0.6 is 11.6 Å². The molecule has 0 spiro atoms. The fourth-order valence-electron chi connectivity index (χ4n) is 4.48. The summed E-state index contributed by atoms with van der Waals surface area (Å²) < 4.78 is 0. The Balaban J connectivity index is 0. The number of anilines is 1. The number of aryl methyl sites for hydroxylation is 1. The molecule has 2 fully saturated rings. The number of aromatic nitrogens is 2. The number of para-hydroxylation sites is 1. The maximum atomic E-state index is 5.51. The molecule has 42 heavy (non-hydrogen) atoms. The van der Waals surface area contributed by atoms with Crippen LogP contribution < -0.4 is 10.2 Å². The van der Waals surface area contributed by atoms with E-state index in [2.05, 4.69) is 42.6 Å². The Morgan fingerprint density at radius 1 is 1.02 bits per heavy atom. The normalized spacial score (nSPS) is 14.9. The van der Waals surface area contributed by atoms with Gasteiger partial charge in [0.1, 0.15) is 11.6 Å². The van der Waals surface area contributed by atoms with Crippen LogP contribution in [-0.2, 0) is 0 Å². The summed E-state index contributed by atoms with van der Waals surface area (Å²) in [6.45, 7) is 24.3. The maximum Gasteiger partial charge on any atom is 0.139 e. The van der Waals surface area contributed by atoms with Gasteiger partial charge >= 0.3 is 0 Å². The fourth-order valence-corrected chi connectivity index (χ4v) is 4.48.